The quantitative estimate of drug-likeness (QED) is 0.312. The van der Waals surface area contributed by atoms with Gasteiger partial charge in [-0.05, 0) is 42.7 Å². The van der Waals surface area contributed by atoms with Crippen LogP contribution in [0.15, 0.2) is 65.8 Å². The minimum absolute atomic E-state index is 0. The molecule has 6 heteroatoms. The Hall–Kier alpha value is -2.22. The standard InChI is InChI=1S/C22H23FN4.HI/c1-2-24-22(27-21-13-18(21)17-8-3-5-9-19(17)23)26-14-15-11-12-25-20-10-6-4-7-16(15)20;/h3-12,18,21H,2,13-14H2,1H3,(H2,24,26,27);1H. The zero-order valence-electron chi connectivity index (χ0n) is 15.7. The first kappa shape index (κ1) is 20.5. The predicted molar refractivity (Wildman–Crippen MR) is 123 cm³/mol. The number of fused-ring (bicyclic) bond motifs is 1. The fourth-order valence-electron chi connectivity index (χ4n) is 3.43. The molecule has 2 unspecified atom stereocenters. The number of nitrogens with one attached hydrogen (secondary N) is 2. The van der Waals surface area contributed by atoms with Crippen molar-refractivity contribution in [3.05, 3.63) is 77.7 Å². The molecule has 0 amide bonds. The highest BCUT2D eigenvalue weighted by atomic mass is 127. The minimum atomic E-state index is -0.128. The first-order valence-corrected chi connectivity index (χ1v) is 9.38. The predicted octanol–water partition coefficient (Wildman–Crippen LogP) is 4.60. The van der Waals surface area contributed by atoms with Gasteiger partial charge in [0, 0.05) is 30.1 Å². The first-order valence-electron chi connectivity index (χ1n) is 9.38. The lowest BCUT2D eigenvalue weighted by molar-refractivity contribution is 0.607. The van der Waals surface area contributed by atoms with E-state index in [4.69, 9.17) is 4.99 Å². The maximum absolute atomic E-state index is 14.0. The number of aromatic nitrogens is 1. The molecule has 1 aliphatic carbocycles. The zero-order chi connectivity index (χ0) is 18.6. The Morgan fingerprint density at radius 3 is 2.75 bits per heavy atom. The maximum atomic E-state index is 14.0. The summed E-state index contributed by atoms with van der Waals surface area (Å²) in [6.07, 6.45) is 2.74. The number of halogens is 2. The van der Waals surface area contributed by atoms with Crippen molar-refractivity contribution < 1.29 is 4.39 Å². The highest BCUT2D eigenvalue weighted by Crippen LogP contribution is 2.41. The van der Waals surface area contributed by atoms with Gasteiger partial charge in [0.05, 0.1) is 12.1 Å². The van der Waals surface area contributed by atoms with Crippen LogP contribution in [0.5, 0.6) is 0 Å². The topological polar surface area (TPSA) is 49.3 Å². The largest absolute Gasteiger partial charge is 0.357 e. The molecule has 0 radical (unpaired) electrons. The number of nitrogens with zero attached hydrogens (tertiary/aromatic N) is 2. The summed E-state index contributed by atoms with van der Waals surface area (Å²) in [5.74, 6) is 0.844. The van der Waals surface area contributed by atoms with Gasteiger partial charge in [-0.3, -0.25) is 4.98 Å². The van der Waals surface area contributed by atoms with Gasteiger partial charge in [-0.25, -0.2) is 9.38 Å². The average Bonchev–Trinajstić information content (AvgIpc) is 3.45. The molecule has 3 aromatic rings. The van der Waals surface area contributed by atoms with Crippen molar-refractivity contribution in [2.24, 2.45) is 4.99 Å². The number of aliphatic imine (C=N–C) groups is 1. The summed E-state index contributed by atoms with van der Waals surface area (Å²) < 4.78 is 14.0. The van der Waals surface area contributed by atoms with E-state index in [1.165, 1.54) is 6.07 Å². The van der Waals surface area contributed by atoms with Gasteiger partial charge in [0.15, 0.2) is 5.96 Å². The van der Waals surface area contributed by atoms with Crippen molar-refractivity contribution >= 4 is 40.8 Å². The van der Waals surface area contributed by atoms with Crippen molar-refractivity contribution in [1.82, 2.24) is 15.6 Å². The van der Waals surface area contributed by atoms with Crippen LogP contribution in [-0.2, 0) is 6.54 Å². The van der Waals surface area contributed by atoms with Crippen LogP contribution in [0.2, 0.25) is 0 Å². The molecule has 146 valence electrons. The second kappa shape index (κ2) is 9.32. The Morgan fingerprint density at radius 1 is 1.14 bits per heavy atom. The van der Waals surface area contributed by atoms with E-state index in [1.54, 1.807) is 6.07 Å². The van der Waals surface area contributed by atoms with Crippen molar-refractivity contribution in [1.29, 1.82) is 0 Å². The summed E-state index contributed by atoms with van der Waals surface area (Å²) in [7, 11) is 0. The minimum Gasteiger partial charge on any atom is -0.357 e. The van der Waals surface area contributed by atoms with Gasteiger partial charge < -0.3 is 10.6 Å². The second-order valence-electron chi connectivity index (χ2n) is 6.80. The molecular weight excluding hydrogens is 466 g/mol. The second-order valence-corrected chi connectivity index (χ2v) is 6.80. The molecule has 2 aromatic carbocycles. The van der Waals surface area contributed by atoms with Crippen molar-refractivity contribution in [2.75, 3.05) is 6.54 Å². The highest BCUT2D eigenvalue weighted by Gasteiger charge is 2.40. The number of guanidine groups is 1. The molecule has 1 aliphatic rings. The summed E-state index contributed by atoms with van der Waals surface area (Å²) in [5.41, 5.74) is 2.90. The van der Waals surface area contributed by atoms with E-state index in [-0.39, 0.29) is 41.8 Å². The molecule has 0 saturated heterocycles. The van der Waals surface area contributed by atoms with Crippen LogP contribution in [0.1, 0.15) is 30.4 Å². The normalized spacial score (nSPS) is 18.4. The Labute approximate surface area is 181 Å². The molecule has 0 bridgehead atoms. The van der Waals surface area contributed by atoms with Gasteiger partial charge in [-0.2, -0.15) is 0 Å². The van der Waals surface area contributed by atoms with Gasteiger partial charge >= 0.3 is 0 Å². The molecule has 0 aliphatic heterocycles. The molecular formula is C22H24FIN4. The lowest BCUT2D eigenvalue weighted by Gasteiger charge is -2.12. The number of pyridine rings is 1. The van der Waals surface area contributed by atoms with Crippen molar-refractivity contribution in [3.63, 3.8) is 0 Å². The number of hydrogen-bond acceptors (Lipinski definition) is 2. The fraction of sp³-hybridized carbons (Fsp3) is 0.273. The van der Waals surface area contributed by atoms with Crippen LogP contribution in [0.3, 0.4) is 0 Å². The van der Waals surface area contributed by atoms with Crippen LogP contribution >= 0.6 is 24.0 Å². The number of rotatable bonds is 5. The number of benzene rings is 2. The van der Waals surface area contributed by atoms with Gasteiger partial charge in [0.2, 0.25) is 0 Å². The lowest BCUT2D eigenvalue weighted by Crippen LogP contribution is -2.39. The van der Waals surface area contributed by atoms with Gasteiger partial charge in [0.1, 0.15) is 5.82 Å². The van der Waals surface area contributed by atoms with E-state index < -0.39 is 0 Å². The SMILES string of the molecule is CCNC(=NCc1ccnc2ccccc12)NC1CC1c1ccccc1F.I. The Bertz CT molecular complexity index is 970. The van der Waals surface area contributed by atoms with Crippen LogP contribution in [-0.4, -0.2) is 23.5 Å². The molecule has 1 saturated carbocycles. The van der Waals surface area contributed by atoms with E-state index in [2.05, 4.69) is 21.7 Å². The number of para-hydroxylation sites is 1. The van der Waals surface area contributed by atoms with E-state index in [9.17, 15) is 4.39 Å². The van der Waals surface area contributed by atoms with Crippen LogP contribution < -0.4 is 10.6 Å². The Balaban J connectivity index is 0.00000225. The molecule has 4 nitrogen and oxygen atoms in total. The number of hydrogen-bond donors (Lipinski definition) is 2. The molecule has 1 aromatic heterocycles. The smallest absolute Gasteiger partial charge is 0.191 e. The third-order valence-electron chi connectivity index (χ3n) is 4.91. The zero-order valence-corrected chi connectivity index (χ0v) is 18.1. The summed E-state index contributed by atoms with van der Waals surface area (Å²) >= 11 is 0. The van der Waals surface area contributed by atoms with Crippen LogP contribution in [0.25, 0.3) is 10.9 Å². The third-order valence-corrected chi connectivity index (χ3v) is 4.91. The molecule has 2 N–H and O–H groups in total. The lowest BCUT2D eigenvalue weighted by atomic mass is 10.1. The van der Waals surface area contributed by atoms with E-state index >= 15 is 0 Å². The van der Waals surface area contributed by atoms with Crippen molar-refractivity contribution in [2.45, 2.75) is 31.8 Å². The van der Waals surface area contributed by atoms with Gasteiger partial charge in [-0.15, -0.1) is 24.0 Å². The van der Waals surface area contributed by atoms with Crippen molar-refractivity contribution in [3.8, 4) is 0 Å². The Kier molecular flexibility index (Phi) is 6.83. The molecule has 2 atom stereocenters. The van der Waals surface area contributed by atoms with E-state index in [1.807, 2.05) is 49.5 Å². The molecule has 28 heavy (non-hydrogen) atoms. The van der Waals surface area contributed by atoms with Crippen LogP contribution in [0, 0.1) is 5.82 Å². The molecule has 4 rings (SSSR count). The van der Waals surface area contributed by atoms with Crippen LogP contribution in [0.4, 0.5) is 4.39 Å². The summed E-state index contributed by atoms with van der Waals surface area (Å²) in [6.45, 7) is 3.38. The average molecular weight is 490 g/mol. The maximum Gasteiger partial charge on any atom is 0.191 e. The fourth-order valence-corrected chi connectivity index (χ4v) is 3.43. The molecule has 0 spiro atoms. The summed E-state index contributed by atoms with van der Waals surface area (Å²) in [5, 5.41) is 7.85. The highest BCUT2D eigenvalue weighted by molar-refractivity contribution is 14.0. The summed E-state index contributed by atoms with van der Waals surface area (Å²) in [6, 6.07) is 17.3. The molecule has 1 heterocycles. The third kappa shape index (κ3) is 4.60. The summed E-state index contributed by atoms with van der Waals surface area (Å²) in [4.78, 5) is 9.14. The Morgan fingerprint density at radius 2 is 1.93 bits per heavy atom. The van der Waals surface area contributed by atoms with E-state index in [0.717, 1.165) is 41.0 Å². The van der Waals surface area contributed by atoms with Gasteiger partial charge in [-0.1, -0.05) is 36.4 Å². The monoisotopic (exact) mass is 490 g/mol. The van der Waals surface area contributed by atoms with Gasteiger partial charge in [0.25, 0.3) is 0 Å². The van der Waals surface area contributed by atoms with E-state index in [0.29, 0.717) is 6.54 Å². The molecule has 1 fully saturated rings. The first-order chi connectivity index (χ1) is 13.3.